The van der Waals surface area contributed by atoms with Gasteiger partial charge in [-0.3, -0.25) is 0 Å². The molecule has 1 saturated carbocycles. The van der Waals surface area contributed by atoms with Crippen molar-refractivity contribution in [3.63, 3.8) is 0 Å². The first-order chi connectivity index (χ1) is 7.35. The first kappa shape index (κ1) is 10.6. The number of halogens is 1. The summed E-state index contributed by atoms with van der Waals surface area (Å²) in [5.41, 5.74) is 0. The minimum atomic E-state index is 0.628. The minimum absolute atomic E-state index is 0.628. The van der Waals surface area contributed by atoms with E-state index < -0.39 is 0 Å². The topological polar surface area (TPSA) is 25.4 Å². The normalized spacial score (nSPS) is 15.1. The molecule has 1 heterocycles. The van der Waals surface area contributed by atoms with Crippen LogP contribution in [0.25, 0.3) is 0 Å². The van der Waals surface area contributed by atoms with Gasteiger partial charge < -0.3 is 9.64 Å². The lowest BCUT2D eigenvalue weighted by atomic mass is 10.4. The Labute approximate surface area is 95.0 Å². The zero-order chi connectivity index (χ0) is 10.7. The van der Waals surface area contributed by atoms with Crippen LogP contribution < -0.4 is 9.64 Å². The number of aromatic nitrogens is 1. The number of pyridine rings is 1. The molecular weight excluding hydrogens is 212 g/mol. The van der Waals surface area contributed by atoms with Gasteiger partial charge in [-0.2, -0.15) is 4.98 Å². The average Bonchev–Trinajstić information content (AvgIpc) is 3.10. The molecule has 1 aromatic heterocycles. The van der Waals surface area contributed by atoms with Gasteiger partial charge in [-0.05, 0) is 18.9 Å². The summed E-state index contributed by atoms with van der Waals surface area (Å²) < 4.78 is 5.11. The molecule has 1 fully saturated rings. The summed E-state index contributed by atoms with van der Waals surface area (Å²) in [5.74, 6) is 2.26. The van der Waals surface area contributed by atoms with Gasteiger partial charge in [-0.25, -0.2) is 0 Å². The molecule has 0 radical (unpaired) electrons. The number of ether oxygens (including phenoxy) is 1. The van der Waals surface area contributed by atoms with E-state index in [0.29, 0.717) is 17.8 Å². The third-order valence-electron chi connectivity index (χ3n) is 2.53. The summed E-state index contributed by atoms with van der Waals surface area (Å²) >= 11 is 5.79. The molecule has 0 atom stereocenters. The molecule has 1 aromatic rings. The van der Waals surface area contributed by atoms with Crippen LogP contribution in [0.1, 0.15) is 12.8 Å². The highest BCUT2D eigenvalue weighted by molar-refractivity contribution is 6.18. The predicted octanol–water partition coefficient (Wildman–Crippen LogP) is 2.30. The van der Waals surface area contributed by atoms with E-state index >= 15 is 0 Å². The van der Waals surface area contributed by atoms with Crippen LogP contribution in [0.3, 0.4) is 0 Å². The van der Waals surface area contributed by atoms with Crippen molar-refractivity contribution in [2.75, 3.05) is 24.4 Å². The summed E-state index contributed by atoms with van der Waals surface area (Å²) in [4.78, 5) is 6.68. The molecule has 0 amide bonds. The third-order valence-corrected chi connectivity index (χ3v) is 2.69. The van der Waals surface area contributed by atoms with E-state index in [9.17, 15) is 0 Å². The maximum absolute atomic E-state index is 5.79. The van der Waals surface area contributed by atoms with Crippen LogP contribution in [0.2, 0.25) is 0 Å². The maximum atomic E-state index is 5.79. The fourth-order valence-electron chi connectivity index (χ4n) is 1.64. The quantitative estimate of drug-likeness (QED) is 0.721. The number of methoxy groups -OCH3 is 1. The van der Waals surface area contributed by atoms with Gasteiger partial charge in [-0.15, -0.1) is 11.6 Å². The minimum Gasteiger partial charge on any atom is -0.481 e. The van der Waals surface area contributed by atoms with E-state index in [4.69, 9.17) is 16.3 Å². The van der Waals surface area contributed by atoms with Crippen molar-refractivity contribution in [2.45, 2.75) is 18.9 Å². The second kappa shape index (κ2) is 4.71. The monoisotopic (exact) mass is 226 g/mol. The fourth-order valence-corrected chi connectivity index (χ4v) is 1.82. The van der Waals surface area contributed by atoms with Crippen molar-refractivity contribution in [1.82, 2.24) is 4.98 Å². The number of rotatable bonds is 5. The molecule has 82 valence electrons. The molecule has 4 heteroatoms. The molecule has 3 nitrogen and oxygen atoms in total. The van der Waals surface area contributed by atoms with Crippen molar-refractivity contribution in [3.8, 4) is 5.88 Å². The zero-order valence-electron chi connectivity index (χ0n) is 8.82. The lowest BCUT2D eigenvalue weighted by molar-refractivity contribution is 0.398. The smallest absolute Gasteiger partial charge is 0.214 e. The third kappa shape index (κ3) is 2.53. The Hall–Kier alpha value is -0.960. The summed E-state index contributed by atoms with van der Waals surface area (Å²) in [5, 5.41) is 0. The molecule has 0 aliphatic heterocycles. The van der Waals surface area contributed by atoms with Crippen LogP contribution in [-0.4, -0.2) is 30.6 Å². The van der Waals surface area contributed by atoms with E-state index in [1.807, 2.05) is 18.2 Å². The average molecular weight is 227 g/mol. The van der Waals surface area contributed by atoms with Gasteiger partial charge in [0.25, 0.3) is 0 Å². The van der Waals surface area contributed by atoms with E-state index in [0.717, 1.165) is 12.4 Å². The molecule has 1 aliphatic rings. The molecule has 1 aliphatic carbocycles. The number of nitrogens with zero attached hydrogens (tertiary/aromatic N) is 2. The molecule has 0 N–H and O–H groups in total. The predicted molar refractivity (Wildman–Crippen MR) is 61.9 cm³/mol. The Bertz CT molecular complexity index is 328. The summed E-state index contributed by atoms with van der Waals surface area (Å²) in [6.45, 7) is 0.854. The molecule has 15 heavy (non-hydrogen) atoms. The molecule has 0 spiro atoms. The highest BCUT2D eigenvalue weighted by Gasteiger charge is 2.29. The highest BCUT2D eigenvalue weighted by atomic mass is 35.5. The summed E-state index contributed by atoms with van der Waals surface area (Å²) in [6.07, 6.45) is 2.49. The molecule has 0 saturated heterocycles. The van der Waals surface area contributed by atoms with E-state index in [2.05, 4.69) is 9.88 Å². The SMILES string of the molecule is COc1cccc(N(CCCl)C2CC2)n1. The van der Waals surface area contributed by atoms with Gasteiger partial charge in [0.1, 0.15) is 5.82 Å². The Morgan fingerprint density at radius 3 is 2.93 bits per heavy atom. The lowest BCUT2D eigenvalue weighted by Crippen LogP contribution is -2.28. The van der Waals surface area contributed by atoms with E-state index in [1.54, 1.807) is 7.11 Å². The van der Waals surface area contributed by atoms with Gasteiger partial charge >= 0.3 is 0 Å². The highest BCUT2D eigenvalue weighted by Crippen LogP contribution is 2.31. The molecule has 0 unspecified atom stereocenters. The van der Waals surface area contributed by atoms with Crippen LogP contribution in [-0.2, 0) is 0 Å². The number of anilines is 1. The van der Waals surface area contributed by atoms with Crippen LogP contribution in [0.15, 0.2) is 18.2 Å². The Morgan fingerprint density at radius 2 is 2.33 bits per heavy atom. The van der Waals surface area contributed by atoms with Gasteiger partial charge in [0.2, 0.25) is 5.88 Å². The van der Waals surface area contributed by atoms with Gasteiger partial charge in [0.15, 0.2) is 0 Å². The Morgan fingerprint density at radius 1 is 1.53 bits per heavy atom. The summed E-state index contributed by atoms with van der Waals surface area (Å²) in [7, 11) is 1.63. The Kier molecular flexibility index (Phi) is 3.31. The molecule has 2 rings (SSSR count). The lowest BCUT2D eigenvalue weighted by Gasteiger charge is -2.22. The van der Waals surface area contributed by atoms with Crippen molar-refractivity contribution < 1.29 is 4.74 Å². The molecule has 0 bridgehead atoms. The second-order valence-corrected chi connectivity index (χ2v) is 4.03. The van der Waals surface area contributed by atoms with E-state index in [-0.39, 0.29) is 0 Å². The van der Waals surface area contributed by atoms with Crippen LogP contribution in [0.4, 0.5) is 5.82 Å². The van der Waals surface area contributed by atoms with Crippen LogP contribution in [0.5, 0.6) is 5.88 Å². The fraction of sp³-hybridized carbons (Fsp3) is 0.545. The Balaban J connectivity index is 2.16. The van der Waals surface area contributed by atoms with Crippen LogP contribution >= 0.6 is 11.6 Å². The zero-order valence-corrected chi connectivity index (χ0v) is 9.57. The van der Waals surface area contributed by atoms with Crippen molar-refractivity contribution in [3.05, 3.63) is 18.2 Å². The number of alkyl halides is 1. The van der Waals surface area contributed by atoms with Crippen molar-refractivity contribution in [2.24, 2.45) is 0 Å². The van der Waals surface area contributed by atoms with Crippen LogP contribution in [0, 0.1) is 0 Å². The number of hydrogen-bond acceptors (Lipinski definition) is 3. The first-order valence-electron chi connectivity index (χ1n) is 5.19. The van der Waals surface area contributed by atoms with Crippen molar-refractivity contribution >= 4 is 17.4 Å². The van der Waals surface area contributed by atoms with Crippen molar-refractivity contribution in [1.29, 1.82) is 0 Å². The second-order valence-electron chi connectivity index (χ2n) is 3.65. The largest absolute Gasteiger partial charge is 0.481 e. The van der Waals surface area contributed by atoms with Gasteiger partial charge in [0, 0.05) is 24.5 Å². The van der Waals surface area contributed by atoms with Gasteiger partial charge in [-0.1, -0.05) is 6.07 Å². The van der Waals surface area contributed by atoms with Gasteiger partial charge in [0.05, 0.1) is 7.11 Å². The molecular formula is C11H15ClN2O. The molecule has 0 aromatic carbocycles. The standard InChI is InChI=1S/C11H15ClN2O/c1-15-11-4-2-3-10(13-11)14(8-7-12)9-5-6-9/h2-4,9H,5-8H2,1H3. The first-order valence-corrected chi connectivity index (χ1v) is 5.72. The maximum Gasteiger partial charge on any atom is 0.214 e. The summed E-state index contributed by atoms with van der Waals surface area (Å²) in [6, 6.07) is 6.45. The number of hydrogen-bond donors (Lipinski definition) is 0. The van der Waals surface area contributed by atoms with E-state index in [1.165, 1.54) is 12.8 Å².